The van der Waals surface area contributed by atoms with Crippen LogP contribution < -0.4 is 0 Å². The van der Waals surface area contributed by atoms with Gasteiger partial charge in [0.2, 0.25) is 0 Å². The molecule has 11 rings (SSSR count). The van der Waals surface area contributed by atoms with Crippen molar-refractivity contribution in [1.29, 1.82) is 0 Å². The number of sulfone groups is 2. The van der Waals surface area contributed by atoms with Crippen LogP contribution in [0.3, 0.4) is 0 Å². The fourth-order valence-electron chi connectivity index (χ4n) is 20.0. The molecule has 26 heteroatoms. The summed E-state index contributed by atoms with van der Waals surface area (Å²) >= 11 is 0. The summed E-state index contributed by atoms with van der Waals surface area (Å²) in [7, 11) is -11.9. The molecule has 0 aromatic heterocycles. The molecule has 0 saturated heterocycles. The zero-order chi connectivity index (χ0) is 73.8. The zero-order valence-corrected chi connectivity index (χ0v) is 59.9. The second-order valence-electron chi connectivity index (χ2n) is 32.0. The van der Waals surface area contributed by atoms with E-state index in [2.05, 4.69) is 31.9 Å². The van der Waals surface area contributed by atoms with Crippen LogP contribution in [0.25, 0.3) is 0 Å². The zero-order valence-electron chi connectivity index (χ0n) is 57.4. The molecule has 8 aliphatic carbocycles. The first kappa shape index (κ1) is 81.6. The van der Waals surface area contributed by atoms with E-state index in [1.165, 1.54) is 48.5 Å². The monoisotopic (exact) mass is 1490 g/mol. The Hall–Kier alpha value is -4.05. The largest absolute Gasteiger partial charge is 0.419 e. The van der Waals surface area contributed by atoms with Crippen LogP contribution in [0.4, 0.5) is 52.7 Å². The van der Waals surface area contributed by atoms with Crippen LogP contribution in [0.1, 0.15) is 178 Å². The number of rotatable bonds is 14. The summed E-state index contributed by atoms with van der Waals surface area (Å²) in [6.45, 7) is 13.8. The third-order valence-electron chi connectivity index (χ3n) is 26.1. The van der Waals surface area contributed by atoms with Crippen LogP contribution in [0.2, 0.25) is 0 Å². The van der Waals surface area contributed by atoms with Crippen molar-refractivity contribution in [2.45, 2.75) is 246 Å². The number of alkyl halides is 12. The Labute approximate surface area is 582 Å². The summed E-state index contributed by atoms with van der Waals surface area (Å²) < 4.78 is 242. The highest BCUT2D eigenvalue weighted by atomic mass is 32.2. The van der Waals surface area contributed by atoms with Gasteiger partial charge in [0.05, 0.1) is 25.7 Å². The third-order valence-corrected chi connectivity index (χ3v) is 31.7. The maximum Gasteiger partial charge on any atom is 0.419 e. The smallest absolute Gasteiger partial charge is 0.381 e. The molecule has 0 aliphatic heterocycles. The normalized spacial score (nSPS) is 35.1. The molecule has 0 spiro atoms. The average Bonchev–Trinajstić information content (AvgIpc) is 1.17. The molecule has 4 N–H and O–H groups in total. The highest BCUT2D eigenvalue weighted by molar-refractivity contribution is 7.92. The predicted octanol–water partition coefficient (Wildman–Crippen LogP) is 17.7. The van der Waals surface area contributed by atoms with Crippen LogP contribution in [-0.4, -0.2) is 110 Å². The van der Waals surface area contributed by atoms with Gasteiger partial charge in [-0.25, -0.2) is 16.8 Å². The van der Waals surface area contributed by atoms with Crippen LogP contribution >= 0.6 is 0 Å². The van der Waals surface area contributed by atoms with Gasteiger partial charge in [0, 0.05) is 19.3 Å². The lowest BCUT2D eigenvalue weighted by atomic mass is 9.46. The van der Waals surface area contributed by atoms with Gasteiger partial charge in [0.15, 0.2) is 42.1 Å². The Kier molecular flexibility index (Phi) is 22.9. The van der Waals surface area contributed by atoms with Crippen molar-refractivity contribution in [3.8, 4) is 0 Å². The van der Waals surface area contributed by atoms with E-state index >= 15 is 0 Å². The van der Waals surface area contributed by atoms with Crippen LogP contribution in [0.15, 0.2) is 123 Å². The number of aryl methyl sites for hydroxylation is 1. The van der Waals surface area contributed by atoms with Crippen molar-refractivity contribution in [2.75, 3.05) is 12.4 Å². The minimum absolute atomic E-state index is 0. The van der Waals surface area contributed by atoms with Gasteiger partial charge in [-0.3, -0.25) is 4.18 Å². The summed E-state index contributed by atoms with van der Waals surface area (Å²) in [5, 5.41) is 39.0. The van der Waals surface area contributed by atoms with E-state index in [1.807, 2.05) is 25.1 Å². The van der Waals surface area contributed by atoms with Crippen molar-refractivity contribution in [3.05, 3.63) is 114 Å². The number of allylic oxidation sites excluding steroid dienone is 2. The van der Waals surface area contributed by atoms with Gasteiger partial charge in [-0.1, -0.05) is 126 Å². The molecule has 564 valence electrons. The Morgan fingerprint density at radius 2 is 0.930 bits per heavy atom. The Balaban J connectivity index is 0.000000204. The van der Waals surface area contributed by atoms with Crippen LogP contribution in [-0.2, 0) is 34.0 Å². The van der Waals surface area contributed by atoms with Gasteiger partial charge in [-0.15, -0.1) is 0 Å². The second-order valence-corrected chi connectivity index (χ2v) is 37.8. The molecule has 0 bridgehead atoms. The lowest BCUT2D eigenvalue weighted by Gasteiger charge is -2.59. The van der Waals surface area contributed by atoms with Gasteiger partial charge in [-0.2, -0.15) is 61.1 Å². The van der Waals surface area contributed by atoms with Crippen LogP contribution in [0, 0.1) is 87.8 Å². The Bertz CT molecular complexity index is 3790. The molecule has 0 radical (unpaired) electrons. The molecule has 1 unspecified atom stereocenters. The summed E-state index contributed by atoms with van der Waals surface area (Å²) in [5.74, 6) is 1.20. The predicted molar refractivity (Wildman–Crippen MR) is 356 cm³/mol. The second kappa shape index (κ2) is 28.0. The fraction of sp³-hybridized carbons (Fsp3) is 0.703. The first-order valence-corrected chi connectivity index (χ1v) is 38.9. The minimum Gasteiger partial charge on any atom is -0.381 e. The number of benzene rings is 3. The Morgan fingerprint density at radius 1 is 0.520 bits per heavy atom. The van der Waals surface area contributed by atoms with E-state index in [1.54, 1.807) is 44.2 Å². The maximum atomic E-state index is 14.0. The van der Waals surface area contributed by atoms with E-state index in [-0.39, 0.29) is 94.5 Å². The summed E-state index contributed by atoms with van der Waals surface area (Å²) in [6, 6.07) is 21.5. The number of fused-ring (bicyclic) bond motifs is 10. The number of halogens is 12. The molecule has 3 aromatic carbocycles. The van der Waals surface area contributed by atoms with E-state index in [9.17, 15) is 93.3 Å². The summed E-state index contributed by atoms with van der Waals surface area (Å²) in [6.07, 6.45) is -8.92. The van der Waals surface area contributed by atoms with E-state index < -0.39 is 113 Å². The minimum atomic E-state index is -5.02. The van der Waals surface area contributed by atoms with Crippen LogP contribution in [0.5, 0.6) is 0 Å². The van der Waals surface area contributed by atoms with E-state index in [4.69, 9.17) is 5.11 Å². The van der Waals surface area contributed by atoms with Gasteiger partial charge < -0.3 is 20.4 Å². The number of hydrogen-bond acceptors (Lipinski definition) is 11. The van der Waals surface area contributed by atoms with Gasteiger partial charge >= 0.3 is 24.7 Å². The lowest BCUT2D eigenvalue weighted by Crippen LogP contribution is -2.56. The highest BCUT2D eigenvalue weighted by Gasteiger charge is 2.67. The number of aliphatic hydroxyl groups is 4. The Morgan fingerprint density at radius 3 is 1.35 bits per heavy atom. The third kappa shape index (κ3) is 15.2. The quantitative estimate of drug-likeness (QED) is 0.0682. The van der Waals surface area contributed by atoms with Crippen molar-refractivity contribution < 1.29 is 103 Å². The van der Waals surface area contributed by atoms with Crippen molar-refractivity contribution in [1.82, 2.24) is 0 Å². The summed E-state index contributed by atoms with van der Waals surface area (Å²) in [4.78, 5) is 0.0394. The molecule has 19 atom stereocenters. The molecule has 0 amide bonds. The molecule has 11 nitrogen and oxygen atoms in total. The lowest BCUT2D eigenvalue weighted by molar-refractivity contribution is -0.271. The molecular weight excluding hydrogens is 1390 g/mol. The molecule has 8 aliphatic rings. The van der Waals surface area contributed by atoms with Gasteiger partial charge in [-0.05, 0) is 228 Å². The van der Waals surface area contributed by atoms with Gasteiger partial charge in [0.1, 0.15) is 6.61 Å². The van der Waals surface area contributed by atoms with E-state index in [0.29, 0.717) is 73.7 Å². The molecule has 3 aromatic rings. The first-order chi connectivity index (χ1) is 45.3. The first-order valence-electron chi connectivity index (χ1n) is 34.3. The topological polar surface area (TPSA) is 193 Å². The molecule has 6 saturated carbocycles. The number of hydrogen-bond donors (Lipinski definition) is 4. The van der Waals surface area contributed by atoms with Crippen molar-refractivity contribution in [2.24, 2.45) is 80.8 Å². The standard InChI is InChI=1S/C33H44F6O4S.C29H39F3O3S.C11H13F3O4S.CH4/c1-20(27(19-30(4,40)32(34,35)36)44(42,43)22-8-6-5-7-9-22)24-12-13-25-23-11-10-21-18-31(41,33(37,38)39)17-16-28(21,2)26(23)14-15-29(24,25)3;1-19(18-36(34,35)21-7-5-4-6-8-21)23-11-12-24-22-10-9-20-17-28(33,29(30,31)32)16-15-26(20,2)25(22)13-14-27(23,24)3;1-8-3-5-9(6-4-8)19(16,17)18-7-10(2,15)11(12,13)14;/h5-10,20,23-27,40-41H,11-19H2,1-4H3;4-9,19,22-25,33H,10-18H2,1-3H3;3-6,15H,7H2,1-2H3;1H4/t20-,23-,24+,25-,26-,27?,28-,29+,30-,31-;19-,22+,23-,24+,25+,26+,27-,28+;10-;/m010./s1. The van der Waals surface area contributed by atoms with Crippen molar-refractivity contribution >= 4 is 29.8 Å². The molecule has 6 fully saturated rings. The highest BCUT2D eigenvalue weighted by Crippen LogP contribution is 2.71. The average molecular weight is 1490 g/mol. The SMILES string of the molecule is C.C[C@H](C(C[C@](C)(O)C(F)(F)F)S(=O)(=O)c1ccccc1)[C@H]1CC[C@H]2[C@@H]3CC=C4C[C@](O)(C(F)(F)F)CC[C@]4(C)[C@H]3CC[C@]12C.C[C@H](CS(=O)(=O)c1ccccc1)[C@H]1CC[C@H]2[C@@H]3CC=C4C[C@](O)(C(F)(F)F)CC[C@]4(C)[C@H]3CC[C@]12C.Cc1ccc(S(=O)(=O)OC[C@](C)(O)C(F)(F)F)cc1. The molecular formula is C74H100F12O11S3. The maximum absolute atomic E-state index is 14.0. The fourth-order valence-corrected chi connectivity index (χ4v) is 24.9. The molecule has 100 heavy (non-hydrogen) atoms. The summed E-state index contributed by atoms with van der Waals surface area (Å²) in [5.41, 5.74) is -10.6. The van der Waals surface area contributed by atoms with Gasteiger partial charge in [0.25, 0.3) is 10.1 Å². The molecule has 0 heterocycles. The van der Waals surface area contributed by atoms with Crippen molar-refractivity contribution in [3.63, 3.8) is 0 Å². The van der Waals surface area contributed by atoms with E-state index in [0.717, 1.165) is 56.1 Å².